The highest BCUT2D eigenvalue weighted by molar-refractivity contribution is 6.02. The van der Waals surface area contributed by atoms with Crippen LogP contribution in [0.4, 0.5) is 22.0 Å². The molecule has 14 heteroatoms. The first-order chi connectivity index (χ1) is 20.9. The summed E-state index contributed by atoms with van der Waals surface area (Å²) in [5.74, 6) is 0.620. The van der Waals surface area contributed by atoms with E-state index in [9.17, 15) is 9.59 Å². The van der Waals surface area contributed by atoms with Gasteiger partial charge in [-0.05, 0) is 67.5 Å². The fourth-order valence-electron chi connectivity index (χ4n) is 4.51. The highest BCUT2D eigenvalue weighted by atomic mass is 16.6. The molecule has 6 N–H and O–H groups in total. The number of anilines is 3. The minimum absolute atomic E-state index is 0.107. The molecule has 43 heavy (non-hydrogen) atoms. The van der Waals surface area contributed by atoms with Crippen molar-refractivity contribution in [1.29, 1.82) is 0 Å². The van der Waals surface area contributed by atoms with E-state index in [0.717, 1.165) is 0 Å². The minimum atomic E-state index is -0.494. The topological polar surface area (TPSA) is 198 Å². The Balaban J connectivity index is 1.47. The van der Waals surface area contributed by atoms with Crippen LogP contribution in [0.15, 0.2) is 59.4 Å². The van der Waals surface area contributed by atoms with E-state index >= 15 is 0 Å². The Bertz CT molecular complexity index is 1760. The summed E-state index contributed by atoms with van der Waals surface area (Å²) in [4.78, 5) is 34.4. The number of hydrogen-bond acceptors (Lipinski definition) is 11. The summed E-state index contributed by atoms with van der Waals surface area (Å²) < 4.78 is 17.8. The van der Waals surface area contributed by atoms with Gasteiger partial charge in [-0.1, -0.05) is 18.2 Å². The number of pyridine rings is 1. The molecule has 3 aromatic heterocycles. The Morgan fingerprint density at radius 2 is 1.79 bits per heavy atom. The van der Waals surface area contributed by atoms with Crippen LogP contribution in [0.25, 0.3) is 33.8 Å². The third-order valence-electron chi connectivity index (χ3n) is 6.41. The molecule has 0 fully saturated rings. The number of imidazole rings is 1. The zero-order valence-corrected chi connectivity index (χ0v) is 23.7. The number of urea groups is 1. The van der Waals surface area contributed by atoms with Crippen LogP contribution in [0, 0.1) is 0 Å². The number of nitrogens with zero attached hydrogens (tertiary/aromatic N) is 5. The second-order valence-electron chi connectivity index (χ2n) is 9.30. The van der Waals surface area contributed by atoms with E-state index in [4.69, 9.17) is 30.6 Å². The zero-order valence-electron chi connectivity index (χ0n) is 23.7. The lowest BCUT2D eigenvalue weighted by Gasteiger charge is -2.12. The first kappa shape index (κ1) is 29.0. The third kappa shape index (κ3) is 6.23. The molecule has 0 saturated heterocycles. The highest BCUT2D eigenvalue weighted by Gasteiger charge is 2.24. The Morgan fingerprint density at radius 1 is 1.02 bits per heavy atom. The Morgan fingerprint density at radius 3 is 2.49 bits per heavy atom. The molecule has 0 atom stereocenters. The molecule has 0 bridgehead atoms. The van der Waals surface area contributed by atoms with Gasteiger partial charge in [0.15, 0.2) is 23.1 Å². The number of rotatable bonds is 11. The molecular weight excluding hydrogens is 554 g/mol. The van der Waals surface area contributed by atoms with Crippen molar-refractivity contribution in [3.63, 3.8) is 0 Å². The van der Waals surface area contributed by atoms with Crippen molar-refractivity contribution in [3.8, 4) is 28.5 Å². The summed E-state index contributed by atoms with van der Waals surface area (Å²) in [6.45, 7) is 5.35. The van der Waals surface area contributed by atoms with Crippen LogP contribution in [-0.4, -0.2) is 56.6 Å². The molecule has 0 aliphatic rings. The molecule has 0 aliphatic carbocycles. The van der Waals surface area contributed by atoms with Gasteiger partial charge in [0.1, 0.15) is 11.0 Å². The lowest BCUT2D eigenvalue weighted by Crippen LogP contribution is -2.19. The van der Waals surface area contributed by atoms with E-state index in [0.29, 0.717) is 82.6 Å². The smallest absolute Gasteiger partial charge is 0.338 e. The van der Waals surface area contributed by atoms with E-state index in [1.54, 1.807) is 55.6 Å². The van der Waals surface area contributed by atoms with E-state index in [-0.39, 0.29) is 12.4 Å². The number of ether oxygens (including phenoxy) is 2. The minimum Gasteiger partial charge on any atom is -0.490 e. The predicted octanol–water partition coefficient (Wildman–Crippen LogP) is 4.30. The largest absolute Gasteiger partial charge is 0.490 e. The van der Waals surface area contributed by atoms with Crippen LogP contribution < -0.4 is 26.8 Å². The first-order valence-electron chi connectivity index (χ1n) is 13.7. The summed E-state index contributed by atoms with van der Waals surface area (Å²) in [5.41, 5.74) is 15.7. The fraction of sp³-hybridized carbons (Fsp3) is 0.241. The number of aryl methyl sites for hydroxylation is 1. The zero-order chi connectivity index (χ0) is 30.3. The molecule has 0 aliphatic heterocycles. The maximum absolute atomic E-state index is 12.8. The monoisotopic (exact) mass is 585 g/mol. The number of nitrogens with two attached hydrogens (primary N) is 2. The van der Waals surface area contributed by atoms with Crippen LogP contribution in [0.5, 0.6) is 5.75 Å². The van der Waals surface area contributed by atoms with Crippen molar-refractivity contribution in [2.75, 3.05) is 36.1 Å². The van der Waals surface area contributed by atoms with Gasteiger partial charge in [0.25, 0.3) is 0 Å². The van der Waals surface area contributed by atoms with Crippen LogP contribution in [0.1, 0.15) is 30.6 Å². The van der Waals surface area contributed by atoms with Gasteiger partial charge in [0, 0.05) is 23.5 Å². The Labute approximate surface area is 246 Å². The number of hydrogen-bond donors (Lipinski definition) is 4. The molecule has 0 saturated carbocycles. The molecule has 3 heterocycles. The first-order valence-corrected chi connectivity index (χ1v) is 13.7. The summed E-state index contributed by atoms with van der Waals surface area (Å²) in [6, 6.07) is 13.2. The third-order valence-corrected chi connectivity index (χ3v) is 6.41. The average molecular weight is 586 g/mol. The van der Waals surface area contributed by atoms with Gasteiger partial charge in [0.05, 0.1) is 30.7 Å². The Kier molecular flexibility index (Phi) is 8.77. The number of amides is 2. The van der Waals surface area contributed by atoms with Crippen molar-refractivity contribution in [2.24, 2.45) is 5.73 Å². The molecule has 222 valence electrons. The molecule has 5 rings (SSSR count). The maximum atomic E-state index is 12.8. The SMILES string of the molecule is CCOC(=O)c1cccc(NC(=O)Nc2cccc(-c3ncc(OCCCN)c4c3nc(-c3nonc3N)n4CC)c2)c1. The van der Waals surface area contributed by atoms with Gasteiger partial charge in [-0.25, -0.2) is 24.2 Å². The quantitative estimate of drug-likeness (QED) is 0.127. The Hall–Kier alpha value is -5.50. The van der Waals surface area contributed by atoms with Gasteiger partial charge in [-0.15, -0.1) is 0 Å². The van der Waals surface area contributed by atoms with Gasteiger partial charge < -0.3 is 36.1 Å². The summed E-state index contributed by atoms with van der Waals surface area (Å²) in [6.07, 6.45) is 2.30. The lowest BCUT2D eigenvalue weighted by molar-refractivity contribution is 0.0526. The van der Waals surface area contributed by atoms with Crippen LogP contribution >= 0.6 is 0 Å². The molecule has 0 unspecified atom stereocenters. The van der Waals surface area contributed by atoms with Crippen molar-refractivity contribution < 1.29 is 23.7 Å². The fourth-order valence-corrected chi connectivity index (χ4v) is 4.51. The lowest BCUT2D eigenvalue weighted by atomic mass is 10.1. The highest BCUT2D eigenvalue weighted by Crippen LogP contribution is 2.37. The standard InChI is InChI=1S/C29H31N9O5/c1-3-38-25-21(42-13-7-12-30)16-32-22(23(25)35-27(38)24-26(31)37-43-36-24)17-8-5-10-19(14-17)33-29(40)34-20-11-6-9-18(15-20)28(39)41-4-2/h5-6,8-11,14-16H,3-4,7,12-13,30H2,1-2H3,(H2,31,37)(H2,33,34,40). The van der Waals surface area contributed by atoms with Gasteiger partial charge >= 0.3 is 12.0 Å². The van der Waals surface area contributed by atoms with E-state index in [1.807, 2.05) is 17.6 Å². The van der Waals surface area contributed by atoms with Gasteiger partial charge in [0.2, 0.25) is 0 Å². The summed E-state index contributed by atoms with van der Waals surface area (Å²) in [5, 5.41) is 13.2. The number of esters is 1. The van der Waals surface area contributed by atoms with Gasteiger partial charge in [-0.3, -0.25) is 0 Å². The van der Waals surface area contributed by atoms with E-state index < -0.39 is 12.0 Å². The number of benzene rings is 2. The van der Waals surface area contributed by atoms with Crippen molar-refractivity contribution in [2.45, 2.75) is 26.8 Å². The van der Waals surface area contributed by atoms with Crippen molar-refractivity contribution in [1.82, 2.24) is 24.8 Å². The second kappa shape index (κ2) is 13.0. The van der Waals surface area contributed by atoms with E-state index in [1.165, 1.54) is 0 Å². The number of aromatic nitrogens is 5. The summed E-state index contributed by atoms with van der Waals surface area (Å²) in [7, 11) is 0. The predicted molar refractivity (Wildman–Crippen MR) is 161 cm³/mol. The maximum Gasteiger partial charge on any atom is 0.338 e. The van der Waals surface area contributed by atoms with Crippen LogP contribution in [0.2, 0.25) is 0 Å². The number of carbonyl (C=O) groups excluding carboxylic acids is 2. The summed E-state index contributed by atoms with van der Waals surface area (Å²) >= 11 is 0. The normalized spacial score (nSPS) is 11.0. The number of nitrogens with one attached hydrogen (secondary N) is 2. The number of fused-ring (bicyclic) bond motifs is 1. The molecule has 5 aromatic rings. The number of nitrogen functional groups attached to an aromatic ring is 1. The van der Waals surface area contributed by atoms with Crippen molar-refractivity contribution in [3.05, 3.63) is 60.3 Å². The number of carbonyl (C=O) groups is 2. The molecule has 0 spiro atoms. The van der Waals surface area contributed by atoms with Gasteiger partial charge in [-0.2, -0.15) is 0 Å². The molecule has 0 radical (unpaired) electrons. The van der Waals surface area contributed by atoms with Crippen molar-refractivity contribution >= 4 is 40.2 Å². The molecular formula is C29H31N9O5. The van der Waals surface area contributed by atoms with Crippen LogP contribution in [-0.2, 0) is 11.3 Å². The molecule has 14 nitrogen and oxygen atoms in total. The van der Waals surface area contributed by atoms with E-state index in [2.05, 4.69) is 25.9 Å². The molecule has 2 amide bonds. The second-order valence-corrected chi connectivity index (χ2v) is 9.30. The van der Waals surface area contributed by atoms with Crippen LogP contribution in [0.3, 0.4) is 0 Å². The average Bonchev–Trinajstić information content (AvgIpc) is 3.60. The molecule has 2 aromatic carbocycles.